The van der Waals surface area contributed by atoms with Gasteiger partial charge in [-0.25, -0.2) is 4.39 Å². The Kier molecular flexibility index (Phi) is 4.17. The van der Waals surface area contributed by atoms with Crippen molar-refractivity contribution in [2.75, 3.05) is 7.11 Å². The summed E-state index contributed by atoms with van der Waals surface area (Å²) < 4.78 is 18.8. The lowest BCUT2D eigenvalue weighted by atomic mass is 10.0. The molecule has 0 heterocycles. The number of Topliss-reactive ketones (excluding diaryl/α,β-unsaturated/α-hetero) is 1. The molecule has 2 aromatic rings. The van der Waals surface area contributed by atoms with Crippen molar-refractivity contribution in [2.24, 2.45) is 0 Å². The molecule has 0 aliphatic carbocycles. The van der Waals surface area contributed by atoms with E-state index in [2.05, 4.69) is 0 Å². The van der Waals surface area contributed by atoms with Gasteiger partial charge in [0.25, 0.3) is 0 Å². The molecular formula is C15H12ClFO2. The summed E-state index contributed by atoms with van der Waals surface area (Å²) in [5.41, 5.74) is 0.690. The van der Waals surface area contributed by atoms with Gasteiger partial charge in [0.1, 0.15) is 0 Å². The van der Waals surface area contributed by atoms with Crippen molar-refractivity contribution < 1.29 is 13.9 Å². The lowest BCUT2D eigenvalue weighted by Crippen LogP contribution is -2.06. The molecule has 19 heavy (non-hydrogen) atoms. The van der Waals surface area contributed by atoms with Crippen LogP contribution in [0.3, 0.4) is 0 Å². The number of ether oxygens (including phenoxy) is 1. The van der Waals surface area contributed by atoms with Crippen LogP contribution in [-0.2, 0) is 6.42 Å². The zero-order chi connectivity index (χ0) is 13.8. The summed E-state index contributed by atoms with van der Waals surface area (Å²) in [5, 5.41) is 0.371. The van der Waals surface area contributed by atoms with Crippen LogP contribution in [0.1, 0.15) is 15.9 Å². The lowest BCUT2D eigenvalue weighted by molar-refractivity contribution is 0.0992. The molecule has 0 fully saturated rings. The third-order valence-corrected chi connectivity index (χ3v) is 3.12. The number of ketones is 1. The summed E-state index contributed by atoms with van der Waals surface area (Å²) in [7, 11) is 1.39. The van der Waals surface area contributed by atoms with Gasteiger partial charge in [-0.05, 0) is 23.8 Å². The molecule has 0 aliphatic heterocycles. The van der Waals surface area contributed by atoms with Crippen molar-refractivity contribution in [3.8, 4) is 5.75 Å². The summed E-state index contributed by atoms with van der Waals surface area (Å²) >= 11 is 5.94. The summed E-state index contributed by atoms with van der Waals surface area (Å²) in [5.74, 6) is -0.604. The van der Waals surface area contributed by atoms with Gasteiger partial charge >= 0.3 is 0 Å². The van der Waals surface area contributed by atoms with E-state index in [4.69, 9.17) is 16.3 Å². The van der Waals surface area contributed by atoms with Gasteiger partial charge in [-0.15, -0.1) is 0 Å². The minimum absolute atomic E-state index is 0.0488. The average Bonchev–Trinajstić information content (AvgIpc) is 2.41. The highest BCUT2D eigenvalue weighted by atomic mass is 35.5. The Bertz CT molecular complexity index is 611. The van der Waals surface area contributed by atoms with Crippen LogP contribution in [0.2, 0.25) is 5.02 Å². The second kappa shape index (κ2) is 5.85. The van der Waals surface area contributed by atoms with Crippen LogP contribution in [0.25, 0.3) is 0 Å². The zero-order valence-corrected chi connectivity index (χ0v) is 11.1. The maximum absolute atomic E-state index is 13.9. The fourth-order valence-corrected chi connectivity index (χ4v) is 2.05. The summed E-state index contributed by atoms with van der Waals surface area (Å²) in [6, 6.07) is 11.5. The van der Waals surface area contributed by atoms with Crippen molar-refractivity contribution in [3.63, 3.8) is 0 Å². The molecule has 2 aromatic carbocycles. The molecule has 0 spiro atoms. The van der Waals surface area contributed by atoms with E-state index >= 15 is 0 Å². The highest BCUT2D eigenvalue weighted by molar-refractivity contribution is 6.34. The Morgan fingerprint density at radius 1 is 1.21 bits per heavy atom. The number of rotatable bonds is 4. The van der Waals surface area contributed by atoms with Crippen LogP contribution in [0.15, 0.2) is 42.5 Å². The van der Waals surface area contributed by atoms with E-state index in [0.29, 0.717) is 16.1 Å². The Morgan fingerprint density at radius 2 is 1.95 bits per heavy atom. The van der Waals surface area contributed by atoms with Crippen molar-refractivity contribution in [2.45, 2.75) is 6.42 Å². The fourth-order valence-electron chi connectivity index (χ4n) is 1.81. The van der Waals surface area contributed by atoms with E-state index in [-0.39, 0.29) is 18.0 Å². The Hall–Kier alpha value is -1.87. The highest BCUT2D eigenvalue weighted by Crippen LogP contribution is 2.23. The molecule has 0 N–H and O–H groups in total. The molecular weight excluding hydrogens is 267 g/mol. The molecule has 0 bridgehead atoms. The maximum atomic E-state index is 13.9. The first-order chi connectivity index (χ1) is 9.13. The molecule has 0 unspecified atom stereocenters. The molecule has 0 radical (unpaired) electrons. The zero-order valence-electron chi connectivity index (χ0n) is 10.3. The average molecular weight is 279 g/mol. The SMILES string of the molecule is COc1cccc(CC(=O)c2ccccc2Cl)c1F. The third-order valence-electron chi connectivity index (χ3n) is 2.79. The van der Waals surface area contributed by atoms with E-state index in [1.807, 2.05) is 0 Å². The van der Waals surface area contributed by atoms with E-state index in [1.165, 1.54) is 13.2 Å². The first-order valence-corrected chi connectivity index (χ1v) is 6.10. The minimum atomic E-state index is -0.509. The minimum Gasteiger partial charge on any atom is -0.494 e. The fraction of sp³-hybridized carbons (Fsp3) is 0.133. The smallest absolute Gasteiger partial charge is 0.168 e. The molecule has 0 aromatic heterocycles. The first kappa shape index (κ1) is 13.6. The number of methoxy groups -OCH3 is 1. The van der Waals surface area contributed by atoms with Crippen LogP contribution >= 0.6 is 11.6 Å². The van der Waals surface area contributed by atoms with Crippen LogP contribution in [0.5, 0.6) is 5.75 Å². The largest absolute Gasteiger partial charge is 0.494 e. The van der Waals surface area contributed by atoms with Gasteiger partial charge in [-0.3, -0.25) is 4.79 Å². The van der Waals surface area contributed by atoms with Crippen LogP contribution < -0.4 is 4.74 Å². The number of benzene rings is 2. The molecule has 0 saturated carbocycles. The molecule has 2 rings (SSSR count). The molecule has 0 amide bonds. The predicted octanol–water partition coefficient (Wildman–Crippen LogP) is 3.91. The normalized spacial score (nSPS) is 10.3. The Labute approximate surface area is 115 Å². The summed E-state index contributed by atoms with van der Waals surface area (Å²) in [4.78, 5) is 12.1. The molecule has 0 atom stereocenters. The Balaban J connectivity index is 2.27. The second-order valence-corrected chi connectivity index (χ2v) is 4.42. The number of hydrogen-bond donors (Lipinski definition) is 0. The number of carbonyl (C=O) groups is 1. The first-order valence-electron chi connectivity index (χ1n) is 5.72. The van der Waals surface area contributed by atoms with E-state index < -0.39 is 5.82 Å². The summed E-state index contributed by atoms with van der Waals surface area (Å²) in [6.07, 6.45) is -0.0488. The third kappa shape index (κ3) is 2.93. The van der Waals surface area contributed by atoms with Crippen molar-refractivity contribution in [1.82, 2.24) is 0 Å². The van der Waals surface area contributed by atoms with Crippen LogP contribution in [-0.4, -0.2) is 12.9 Å². The molecule has 98 valence electrons. The van der Waals surface area contributed by atoms with E-state index in [1.54, 1.807) is 36.4 Å². The molecule has 2 nitrogen and oxygen atoms in total. The molecule has 4 heteroatoms. The predicted molar refractivity (Wildman–Crippen MR) is 72.4 cm³/mol. The van der Waals surface area contributed by atoms with Crippen LogP contribution in [0, 0.1) is 5.82 Å². The van der Waals surface area contributed by atoms with Crippen LogP contribution in [0.4, 0.5) is 4.39 Å². The van der Waals surface area contributed by atoms with Gasteiger partial charge < -0.3 is 4.74 Å². The highest BCUT2D eigenvalue weighted by Gasteiger charge is 2.15. The van der Waals surface area contributed by atoms with Crippen molar-refractivity contribution >= 4 is 17.4 Å². The van der Waals surface area contributed by atoms with Gasteiger partial charge in [0.15, 0.2) is 17.3 Å². The lowest BCUT2D eigenvalue weighted by Gasteiger charge is -2.07. The summed E-state index contributed by atoms with van der Waals surface area (Å²) in [6.45, 7) is 0. The van der Waals surface area contributed by atoms with E-state index in [0.717, 1.165) is 0 Å². The number of carbonyl (C=O) groups excluding carboxylic acids is 1. The van der Waals surface area contributed by atoms with Gasteiger partial charge in [-0.1, -0.05) is 35.9 Å². The molecule has 0 saturated heterocycles. The maximum Gasteiger partial charge on any atom is 0.168 e. The van der Waals surface area contributed by atoms with E-state index in [9.17, 15) is 9.18 Å². The van der Waals surface area contributed by atoms with Gasteiger partial charge in [-0.2, -0.15) is 0 Å². The molecule has 0 aliphatic rings. The quantitative estimate of drug-likeness (QED) is 0.793. The van der Waals surface area contributed by atoms with Gasteiger partial charge in [0.2, 0.25) is 0 Å². The standard InChI is InChI=1S/C15H12ClFO2/c1-19-14-8-4-5-10(15(14)17)9-13(18)11-6-2-3-7-12(11)16/h2-8H,9H2,1H3. The van der Waals surface area contributed by atoms with Gasteiger partial charge in [0.05, 0.1) is 12.1 Å². The number of hydrogen-bond acceptors (Lipinski definition) is 2. The second-order valence-electron chi connectivity index (χ2n) is 4.01. The number of halogens is 2. The topological polar surface area (TPSA) is 26.3 Å². The monoisotopic (exact) mass is 278 g/mol. The van der Waals surface area contributed by atoms with Crippen molar-refractivity contribution in [3.05, 3.63) is 64.4 Å². The Morgan fingerprint density at radius 3 is 2.63 bits per heavy atom. The van der Waals surface area contributed by atoms with Crippen molar-refractivity contribution in [1.29, 1.82) is 0 Å². The van der Waals surface area contributed by atoms with Gasteiger partial charge in [0, 0.05) is 12.0 Å².